The summed E-state index contributed by atoms with van der Waals surface area (Å²) in [6.45, 7) is 0.176. The third-order valence-corrected chi connectivity index (χ3v) is 4.51. The number of rotatable bonds is 8. The van der Waals surface area contributed by atoms with Crippen molar-refractivity contribution in [3.05, 3.63) is 66.6 Å². The fourth-order valence-corrected chi connectivity index (χ4v) is 2.98. The molecule has 1 amide bonds. The molecule has 1 heterocycles. The maximum absolute atomic E-state index is 12.0. The van der Waals surface area contributed by atoms with Crippen molar-refractivity contribution < 1.29 is 18.7 Å². The Hall–Kier alpha value is -3.13. The number of thioether (sulfide) groups is 1. The lowest BCUT2D eigenvalue weighted by Gasteiger charge is -2.07. The largest absolute Gasteiger partial charge is 0.452 e. The highest BCUT2D eigenvalue weighted by Gasteiger charge is 2.11. The van der Waals surface area contributed by atoms with Gasteiger partial charge >= 0.3 is 5.97 Å². The lowest BCUT2D eigenvalue weighted by Crippen LogP contribution is -2.30. The van der Waals surface area contributed by atoms with Crippen molar-refractivity contribution in [1.29, 1.82) is 0 Å². The van der Waals surface area contributed by atoms with E-state index in [4.69, 9.17) is 9.15 Å². The minimum Gasteiger partial charge on any atom is -0.452 e. The molecule has 0 radical (unpaired) electrons. The van der Waals surface area contributed by atoms with Crippen LogP contribution in [-0.2, 0) is 9.53 Å². The van der Waals surface area contributed by atoms with Gasteiger partial charge in [-0.3, -0.25) is 4.79 Å². The molecule has 0 saturated carbocycles. The van der Waals surface area contributed by atoms with Crippen LogP contribution in [0.4, 0.5) is 0 Å². The van der Waals surface area contributed by atoms with Gasteiger partial charge in [-0.05, 0) is 36.4 Å². The van der Waals surface area contributed by atoms with E-state index in [2.05, 4.69) is 15.5 Å². The van der Waals surface area contributed by atoms with Crippen molar-refractivity contribution in [3.8, 4) is 11.5 Å². The zero-order valence-electron chi connectivity index (χ0n) is 14.3. The fraction of sp³-hybridized carbons (Fsp3) is 0.158. The Kier molecular flexibility index (Phi) is 6.59. The molecule has 0 saturated heterocycles. The van der Waals surface area contributed by atoms with E-state index < -0.39 is 5.97 Å². The molecule has 0 aliphatic carbocycles. The molecule has 3 aromatic rings. The van der Waals surface area contributed by atoms with E-state index >= 15 is 0 Å². The van der Waals surface area contributed by atoms with Crippen LogP contribution in [0, 0.1) is 0 Å². The molecule has 0 bridgehead atoms. The molecule has 27 heavy (non-hydrogen) atoms. The molecule has 1 aromatic heterocycles. The van der Waals surface area contributed by atoms with E-state index in [-0.39, 0.29) is 12.5 Å². The van der Waals surface area contributed by atoms with Gasteiger partial charge in [-0.2, -0.15) is 0 Å². The Morgan fingerprint density at radius 2 is 1.85 bits per heavy atom. The topological polar surface area (TPSA) is 94.3 Å². The first-order chi connectivity index (χ1) is 13.2. The van der Waals surface area contributed by atoms with Gasteiger partial charge in [0.25, 0.3) is 5.91 Å². The van der Waals surface area contributed by atoms with E-state index in [0.29, 0.717) is 23.6 Å². The summed E-state index contributed by atoms with van der Waals surface area (Å²) in [5.74, 6) is 0.198. The quantitative estimate of drug-likeness (QED) is 0.363. The Morgan fingerprint density at radius 1 is 1.07 bits per heavy atom. The molecule has 2 aromatic carbocycles. The molecule has 0 fully saturated rings. The predicted octanol–water partition coefficient (Wildman–Crippen LogP) is 2.80. The molecule has 1 N–H and O–H groups in total. The molecule has 8 heteroatoms. The van der Waals surface area contributed by atoms with Crippen molar-refractivity contribution in [2.75, 3.05) is 18.9 Å². The van der Waals surface area contributed by atoms with Gasteiger partial charge in [0.05, 0.1) is 5.56 Å². The number of ether oxygens (including phenoxy) is 1. The Balaban J connectivity index is 1.37. The lowest BCUT2D eigenvalue weighted by molar-refractivity contribution is -0.124. The summed E-state index contributed by atoms with van der Waals surface area (Å²) in [6.07, 6.45) is 1.23. The van der Waals surface area contributed by atoms with E-state index in [0.717, 1.165) is 10.6 Å². The van der Waals surface area contributed by atoms with Gasteiger partial charge in [0.1, 0.15) is 0 Å². The predicted molar refractivity (Wildman–Crippen MR) is 100 cm³/mol. The number of benzene rings is 2. The second-order valence-electron chi connectivity index (χ2n) is 5.41. The Labute approximate surface area is 160 Å². The number of nitrogens with one attached hydrogen (secondary N) is 1. The summed E-state index contributed by atoms with van der Waals surface area (Å²) in [7, 11) is 0. The molecule has 0 spiro atoms. The summed E-state index contributed by atoms with van der Waals surface area (Å²) in [5, 5.41) is 10.1. The zero-order chi connectivity index (χ0) is 18.9. The number of esters is 1. The van der Waals surface area contributed by atoms with Crippen LogP contribution in [0.5, 0.6) is 0 Å². The SMILES string of the molecule is O=C(COC(=O)c1ccc(-c2nnco2)cc1)NCCSc1ccccc1. The van der Waals surface area contributed by atoms with Crippen molar-refractivity contribution in [1.82, 2.24) is 15.5 Å². The van der Waals surface area contributed by atoms with Gasteiger partial charge in [-0.1, -0.05) is 18.2 Å². The lowest BCUT2D eigenvalue weighted by atomic mass is 10.1. The maximum atomic E-state index is 12.0. The third kappa shape index (κ3) is 5.68. The number of carbonyl (C=O) groups excluding carboxylic acids is 2. The van der Waals surface area contributed by atoms with Crippen LogP contribution in [0.25, 0.3) is 11.5 Å². The van der Waals surface area contributed by atoms with Crippen molar-refractivity contribution in [2.45, 2.75) is 4.90 Å². The summed E-state index contributed by atoms with van der Waals surface area (Å²) >= 11 is 1.64. The number of nitrogens with zero attached hydrogens (tertiary/aromatic N) is 2. The first-order valence-electron chi connectivity index (χ1n) is 8.20. The van der Waals surface area contributed by atoms with Crippen LogP contribution in [0.1, 0.15) is 10.4 Å². The van der Waals surface area contributed by atoms with Crippen molar-refractivity contribution in [3.63, 3.8) is 0 Å². The van der Waals surface area contributed by atoms with E-state index in [9.17, 15) is 9.59 Å². The van der Waals surface area contributed by atoms with Crippen LogP contribution in [-0.4, -0.2) is 41.0 Å². The van der Waals surface area contributed by atoms with Crippen LogP contribution in [0.15, 0.2) is 70.3 Å². The summed E-state index contributed by atoms with van der Waals surface area (Å²) in [4.78, 5) is 24.9. The molecule has 0 aliphatic rings. The van der Waals surface area contributed by atoms with Crippen LogP contribution in [0.3, 0.4) is 0 Å². The molecule has 0 atom stereocenters. The van der Waals surface area contributed by atoms with E-state index in [1.807, 2.05) is 30.3 Å². The average Bonchev–Trinajstić information content (AvgIpc) is 3.25. The minimum absolute atomic E-state index is 0.319. The van der Waals surface area contributed by atoms with Gasteiger partial charge in [0, 0.05) is 22.8 Å². The fourth-order valence-electron chi connectivity index (χ4n) is 2.19. The monoisotopic (exact) mass is 383 g/mol. The number of hydrogen-bond donors (Lipinski definition) is 1. The number of carbonyl (C=O) groups is 2. The molecule has 3 rings (SSSR count). The van der Waals surface area contributed by atoms with Gasteiger partial charge in [0.2, 0.25) is 12.3 Å². The van der Waals surface area contributed by atoms with Gasteiger partial charge in [-0.25, -0.2) is 4.79 Å². The minimum atomic E-state index is -0.569. The van der Waals surface area contributed by atoms with Gasteiger partial charge in [0.15, 0.2) is 6.61 Å². The number of aromatic nitrogens is 2. The summed E-state index contributed by atoms with van der Waals surface area (Å²) in [5.41, 5.74) is 1.03. The Bertz CT molecular complexity index is 868. The average molecular weight is 383 g/mol. The zero-order valence-corrected chi connectivity index (χ0v) is 15.1. The molecule has 7 nitrogen and oxygen atoms in total. The summed E-state index contributed by atoms with van der Waals surface area (Å²) in [6, 6.07) is 16.4. The first-order valence-corrected chi connectivity index (χ1v) is 9.19. The number of amides is 1. The second-order valence-corrected chi connectivity index (χ2v) is 6.58. The molecular weight excluding hydrogens is 366 g/mol. The second kappa shape index (κ2) is 9.54. The van der Waals surface area contributed by atoms with Crippen molar-refractivity contribution in [2.24, 2.45) is 0 Å². The highest BCUT2D eigenvalue weighted by molar-refractivity contribution is 7.99. The molecule has 0 unspecified atom stereocenters. The standard InChI is InChI=1S/C19H17N3O4S/c23-17(20-10-11-27-16-4-2-1-3-5-16)12-25-19(24)15-8-6-14(7-9-15)18-22-21-13-26-18/h1-9,13H,10-12H2,(H,20,23). The van der Waals surface area contributed by atoms with E-state index in [1.165, 1.54) is 6.39 Å². The smallest absolute Gasteiger partial charge is 0.338 e. The maximum Gasteiger partial charge on any atom is 0.338 e. The molecular formula is C19H17N3O4S. The normalized spacial score (nSPS) is 10.4. The van der Waals surface area contributed by atoms with Crippen LogP contribution in [0.2, 0.25) is 0 Å². The Morgan fingerprint density at radius 3 is 2.56 bits per heavy atom. The van der Waals surface area contributed by atoms with E-state index in [1.54, 1.807) is 36.0 Å². The molecule has 138 valence electrons. The van der Waals surface area contributed by atoms with Crippen LogP contribution < -0.4 is 5.32 Å². The van der Waals surface area contributed by atoms with Gasteiger partial charge in [-0.15, -0.1) is 22.0 Å². The van der Waals surface area contributed by atoms with Crippen molar-refractivity contribution >= 4 is 23.6 Å². The van der Waals surface area contributed by atoms with Crippen LogP contribution >= 0.6 is 11.8 Å². The highest BCUT2D eigenvalue weighted by atomic mass is 32.2. The number of hydrogen-bond acceptors (Lipinski definition) is 7. The molecule has 0 aliphatic heterocycles. The third-order valence-electron chi connectivity index (χ3n) is 3.50. The summed E-state index contributed by atoms with van der Waals surface area (Å²) < 4.78 is 10.1. The first kappa shape index (κ1) is 18.7. The van der Waals surface area contributed by atoms with Gasteiger partial charge < -0.3 is 14.5 Å². The highest BCUT2D eigenvalue weighted by Crippen LogP contribution is 2.17.